The van der Waals surface area contributed by atoms with Crippen LogP contribution >= 0.6 is 11.6 Å². The summed E-state index contributed by atoms with van der Waals surface area (Å²) in [5, 5.41) is 17.3. The molecule has 0 bridgehead atoms. The number of aryl methyl sites for hydroxylation is 4. The second kappa shape index (κ2) is 7.45. The number of aromatic nitrogens is 5. The molecule has 3 heterocycles. The van der Waals surface area contributed by atoms with E-state index in [1.165, 1.54) is 25.1 Å². The number of nitrogens with zero attached hydrogens (tertiary/aromatic N) is 5. The second-order valence-electron chi connectivity index (χ2n) is 6.24. The molecular formula is C16H25ClN6. The van der Waals surface area contributed by atoms with E-state index >= 15 is 0 Å². The first-order chi connectivity index (χ1) is 11.2. The smallest absolute Gasteiger partial charge is 0.133 e. The van der Waals surface area contributed by atoms with E-state index in [2.05, 4.69) is 25.2 Å². The lowest BCUT2D eigenvalue weighted by Gasteiger charge is -2.08. The van der Waals surface area contributed by atoms with E-state index in [0.717, 1.165) is 61.1 Å². The molecule has 0 fully saturated rings. The van der Waals surface area contributed by atoms with Crippen molar-refractivity contribution in [1.29, 1.82) is 0 Å². The maximum Gasteiger partial charge on any atom is 0.133 e. The van der Waals surface area contributed by atoms with Gasteiger partial charge in [0, 0.05) is 33.0 Å². The van der Waals surface area contributed by atoms with E-state index in [1.54, 1.807) is 0 Å². The Morgan fingerprint density at radius 1 is 1.22 bits per heavy atom. The van der Waals surface area contributed by atoms with Crippen LogP contribution in [0.3, 0.4) is 0 Å². The van der Waals surface area contributed by atoms with E-state index in [9.17, 15) is 0 Å². The molecule has 7 heteroatoms. The van der Waals surface area contributed by atoms with Gasteiger partial charge in [-0.3, -0.25) is 4.68 Å². The minimum absolute atomic E-state index is 0.744. The fourth-order valence-electron chi connectivity index (χ4n) is 3.18. The van der Waals surface area contributed by atoms with Crippen molar-refractivity contribution >= 4 is 11.6 Å². The Morgan fingerprint density at radius 3 is 2.87 bits per heavy atom. The van der Waals surface area contributed by atoms with Crippen molar-refractivity contribution in [2.75, 3.05) is 6.54 Å². The van der Waals surface area contributed by atoms with Gasteiger partial charge in [0.15, 0.2) is 0 Å². The van der Waals surface area contributed by atoms with Gasteiger partial charge in [0.2, 0.25) is 0 Å². The number of halogens is 1. The van der Waals surface area contributed by atoms with E-state index in [1.807, 2.05) is 18.7 Å². The summed E-state index contributed by atoms with van der Waals surface area (Å²) in [6, 6.07) is 0. The predicted octanol–water partition coefficient (Wildman–Crippen LogP) is 2.42. The largest absolute Gasteiger partial charge is 0.315 e. The summed E-state index contributed by atoms with van der Waals surface area (Å²) in [4.78, 5) is 0. The van der Waals surface area contributed by atoms with Crippen molar-refractivity contribution in [1.82, 2.24) is 29.9 Å². The summed E-state index contributed by atoms with van der Waals surface area (Å²) < 4.78 is 4.18. The monoisotopic (exact) mass is 336 g/mol. The van der Waals surface area contributed by atoms with Gasteiger partial charge >= 0.3 is 0 Å². The highest BCUT2D eigenvalue weighted by Gasteiger charge is 2.14. The van der Waals surface area contributed by atoms with Crippen LogP contribution in [0.5, 0.6) is 0 Å². The molecule has 2 aromatic heterocycles. The third kappa shape index (κ3) is 3.75. The van der Waals surface area contributed by atoms with Crippen molar-refractivity contribution in [2.24, 2.45) is 7.05 Å². The van der Waals surface area contributed by atoms with E-state index in [4.69, 9.17) is 11.6 Å². The van der Waals surface area contributed by atoms with Gasteiger partial charge in [-0.05, 0) is 32.7 Å². The molecule has 0 spiro atoms. The van der Waals surface area contributed by atoms with Crippen LogP contribution in [0.1, 0.15) is 48.7 Å². The summed E-state index contributed by atoms with van der Waals surface area (Å²) in [5.41, 5.74) is 1.93. The molecule has 0 radical (unpaired) electrons. The number of nitrogens with one attached hydrogen (secondary N) is 1. The van der Waals surface area contributed by atoms with Crippen LogP contribution in [0.4, 0.5) is 0 Å². The Labute approximate surface area is 142 Å². The van der Waals surface area contributed by atoms with E-state index in [-0.39, 0.29) is 0 Å². The molecule has 0 saturated carbocycles. The molecule has 23 heavy (non-hydrogen) atoms. The minimum Gasteiger partial charge on any atom is -0.315 e. The molecule has 1 aliphatic heterocycles. The lowest BCUT2D eigenvalue weighted by atomic mass is 10.2. The van der Waals surface area contributed by atoms with Gasteiger partial charge in [-0.15, -0.1) is 10.2 Å². The first-order valence-electron chi connectivity index (χ1n) is 8.46. The molecule has 1 aliphatic rings. The van der Waals surface area contributed by atoms with Crippen molar-refractivity contribution in [2.45, 2.75) is 58.5 Å². The van der Waals surface area contributed by atoms with Gasteiger partial charge < -0.3 is 9.88 Å². The molecule has 0 aromatic carbocycles. The number of fused-ring (bicyclic) bond motifs is 1. The lowest BCUT2D eigenvalue weighted by molar-refractivity contribution is 0.572. The molecule has 126 valence electrons. The van der Waals surface area contributed by atoms with Gasteiger partial charge in [-0.2, -0.15) is 5.10 Å². The summed E-state index contributed by atoms with van der Waals surface area (Å²) in [5.74, 6) is 2.31. The van der Waals surface area contributed by atoms with Crippen LogP contribution in [-0.4, -0.2) is 31.1 Å². The van der Waals surface area contributed by atoms with Crippen LogP contribution in [0.2, 0.25) is 5.02 Å². The van der Waals surface area contributed by atoms with Gasteiger partial charge in [-0.25, -0.2) is 0 Å². The molecule has 0 unspecified atom stereocenters. The maximum absolute atomic E-state index is 6.26. The van der Waals surface area contributed by atoms with E-state index < -0.39 is 0 Å². The van der Waals surface area contributed by atoms with Crippen LogP contribution in [-0.2, 0) is 33.0 Å². The van der Waals surface area contributed by atoms with Gasteiger partial charge in [0.05, 0.1) is 16.4 Å². The first kappa shape index (κ1) is 16.5. The van der Waals surface area contributed by atoms with Crippen LogP contribution in [0, 0.1) is 6.92 Å². The summed E-state index contributed by atoms with van der Waals surface area (Å²) >= 11 is 6.26. The highest BCUT2D eigenvalue weighted by Crippen LogP contribution is 2.19. The molecule has 0 saturated heterocycles. The zero-order chi connectivity index (χ0) is 16.2. The summed E-state index contributed by atoms with van der Waals surface area (Å²) in [6.45, 7) is 4.69. The van der Waals surface area contributed by atoms with Gasteiger partial charge in [0.1, 0.15) is 11.6 Å². The predicted molar refractivity (Wildman–Crippen MR) is 90.6 cm³/mol. The Morgan fingerprint density at radius 2 is 2.09 bits per heavy atom. The van der Waals surface area contributed by atoms with Crippen molar-refractivity contribution in [3.63, 3.8) is 0 Å². The molecular weight excluding hydrogens is 312 g/mol. The molecule has 2 aromatic rings. The molecule has 0 atom stereocenters. The highest BCUT2D eigenvalue weighted by atomic mass is 35.5. The van der Waals surface area contributed by atoms with Crippen molar-refractivity contribution in [3.05, 3.63) is 28.1 Å². The zero-order valence-electron chi connectivity index (χ0n) is 14.0. The fraction of sp³-hybridized carbons (Fsp3) is 0.688. The zero-order valence-corrected chi connectivity index (χ0v) is 14.7. The molecule has 0 amide bonds. The molecule has 3 rings (SSSR count). The maximum atomic E-state index is 6.26. The van der Waals surface area contributed by atoms with E-state index in [0.29, 0.717) is 0 Å². The number of hydrogen-bond acceptors (Lipinski definition) is 4. The molecule has 6 nitrogen and oxygen atoms in total. The van der Waals surface area contributed by atoms with Gasteiger partial charge in [-0.1, -0.05) is 18.0 Å². The summed E-state index contributed by atoms with van der Waals surface area (Å²) in [7, 11) is 1.93. The third-order valence-electron chi connectivity index (χ3n) is 4.49. The number of rotatable bonds is 6. The fourth-order valence-corrected chi connectivity index (χ4v) is 3.41. The quantitative estimate of drug-likeness (QED) is 0.823. The second-order valence-corrected chi connectivity index (χ2v) is 6.62. The third-order valence-corrected chi connectivity index (χ3v) is 4.99. The van der Waals surface area contributed by atoms with Crippen molar-refractivity contribution < 1.29 is 0 Å². The normalized spacial score (nSPS) is 14.7. The molecule has 0 aliphatic carbocycles. The van der Waals surface area contributed by atoms with Gasteiger partial charge in [0.25, 0.3) is 0 Å². The Balaban J connectivity index is 1.46. The van der Waals surface area contributed by atoms with Crippen LogP contribution < -0.4 is 5.32 Å². The standard InChI is InChI=1S/C16H25ClN6/c1-12-16(17)13(22(2)21-12)11-18-9-6-8-15-20-19-14-7-4-3-5-10-23(14)15/h18H,3-11H2,1-2H3. The minimum atomic E-state index is 0.744. The first-order valence-corrected chi connectivity index (χ1v) is 8.84. The average Bonchev–Trinajstić information content (AvgIpc) is 2.90. The highest BCUT2D eigenvalue weighted by molar-refractivity contribution is 6.31. The van der Waals surface area contributed by atoms with Crippen molar-refractivity contribution in [3.8, 4) is 0 Å². The average molecular weight is 337 g/mol. The topological polar surface area (TPSA) is 60.6 Å². The number of hydrogen-bond donors (Lipinski definition) is 1. The Kier molecular flexibility index (Phi) is 5.33. The SMILES string of the molecule is Cc1nn(C)c(CNCCCc2nnc3n2CCCCC3)c1Cl. The lowest BCUT2D eigenvalue weighted by Crippen LogP contribution is -2.18. The Hall–Kier alpha value is -1.40. The van der Waals surface area contributed by atoms with Crippen LogP contribution in [0.15, 0.2) is 0 Å². The Bertz CT molecular complexity index is 660. The summed E-state index contributed by atoms with van der Waals surface area (Å²) in [6.07, 6.45) is 6.88. The molecule has 1 N–H and O–H groups in total. The van der Waals surface area contributed by atoms with Crippen LogP contribution in [0.25, 0.3) is 0 Å².